The number of rotatable bonds is 7. The number of carbonyl (C=O) groups excluding carboxylic acids is 1. The van der Waals surface area contributed by atoms with Gasteiger partial charge in [-0.1, -0.05) is 36.4 Å². The van der Waals surface area contributed by atoms with E-state index in [0.29, 0.717) is 26.0 Å². The zero-order chi connectivity index (χ0) is 23.5. The summed E-state index contributed by atoms with van der Waals surface area (Å²) in [6.45, 7) is 13.8. The minimum atomic E-state index is -0.800. The van der Waals surface area contributed by atoms with Crippen LogP contribution in [0, 0.1) is 0 Å². The number of nitrogens with zero attached hydrogens (tertiary/aromatic N) is 1. The lowest BCUT2D eigenvalue weighted by molar-refractivity contribution is -0.0986. The van der Waals surface area contributed by atoms with Gasteiger partial charge in [-0.25, -0.2) is 4.79 Å². The molecule has 0 saturated carbocycles. The van der Waals surface area contributed by atoms with Crippen LogP contribution in [0.4, 0.5) is 4.79 Å². The van der Waals surface area contributed by atoms with E-state index in [0.717, 1.165) is 5.56 Å². The van der Waals surface area contributed by atoms with E-state index in [9.17, 15) is 9.90 Å². The van der Waals surface area contributed by atoms with Gasteiger partial charge in [0.25, 0.3) is 0 Å². The normalized spacial score (nSPS) is 29.8. The van der Waals surface area contributed by atoms with E-state index in [1.807, 2.05) is 65.0 Å². The number of carbonyl (C=O) groups is 1. The second-order valence-electron chi connectivity index (χ2n) is 10.0. The van der Waals surface area contributed by atoms with Crippen LogP contribution in [0.3, 0.4) is 0 Å². The van der Waals surface area contributed by atoms with Crippen molar-refractivity contribution >= 4 is 6.09 Å². The highest BCUT2D eigenvalue weighted by Crippen LogP contribution is 2.35. The molecule has 3 rings (SSSR count). The van der Waals surface area contributed by atoms with Crippen LogP contribution in [0.2, 0.25) is 0 Å². The van der Waals surface area contributed by atoms with E-state index >= 15 is 0 Å². The summed E-state index contributed by atoms with van der Waals surface area (Å²) in [5, 5.41) is 10.8. The van der Waals surface area contributed by atoms with Crippen molar-refractivity contribution in [3.8, 4) is 0 Å². The zero-order valence-corrected chi connectivity index (χ0v) is 19.8. The second-order valence-corrected chi connectivity index (χ2v) is 10.0. The fraction of sp³-hybridized carbons (Fsp3) is 0.640. The smallest absolute Gasteiger partial charge is 0.412 e. The van der Waals surface area contributed by atoms with Gasteiger partial charge in [-0.3, -0.25) is 4.90 Å². The molecule has 5 unspecified atom stereocenters. The summed E-state index contributed by atoms with van der Waals surface area (Å²) < 4.78 is 24.0. The van der Waals surface area contributed by atoms with E-state index in [1.54, 1.807) is 11.0 Å². The largest absolute Gasteiger partial charge is 0.444 e. The van der Waals surface area contributed by atoms with Crippen molar-refractivity contribution in [3.63, 3.8) is 0 Å². The fourth-order valence-corrected chi connectivity index (χ4v) is 4.26. The average Bonchev–Trinajstić information content (AvgIpc) is 3.15. The molecule has 7 nitrogen and oxygen atoms in total. The molecule has 0 aromatic heterocycles. The van der Waals surface area contributed by atoms with Crippen molar-refractivity contribution in [1.82, 2.24) is 4.90 Å². The summed E-state index contributed by atoms with van der Waals surface area (Å²) in [4.78, 5) is 14.3. The molecule has 178 valence electrons. The summed E-state index contributed by atoms with van der Waals surface area (Å²) in [7, 11) is 0. The molecule has 1 amide bonds. The first kappa shape index (κ1) is 24.7. The summed E-state index contributed by atoms with van der Waals surface area (Å²) in [6, 6.07) is 9.84. The van der Waals surface area contributed by atoms with Crippen molar-refractivity contribution < 1.29 is 28.8 Å². The van der Waals surface area contributed by atoms with Gasteiger partial charge in [-0.2, -0.15) is 0 Å². The molecule has 2 saturated heterocycles. The first-order chi connectivity index (χ1) is 15.0. The lowest BCUT2D eigenvalue weighted by atomic mass is 10.0. The van der Waals surface area contributed by atoms with Crippen molar-refractivity contribution in [2.75, 3.05) is 6.54 Å². The van der Waals surface area contributed by atoms with Crippen LogP contribution < -0.4 is 0 Å². The Bertz CT molecular complexity index is 774. The highest BCUT2D eigenvalue weighted by molar-refractivity contribution is 5.69. The van der Waals surface area contributed by atoms with Gasteiger partial charge in [-0.15, -0.1) is 6.58 Å². The van der Waals surface area contributed by atoms with E-state index in [2.05, 4.69) is 6.58 Å². The van der Waals surface area contributed by atoms with Crippen molar-refractivity contribution in [3.05, 3.63) is 48.6 Å². The monoisotopic (exact) mass is 447 g/mol. The van der Waals surface area contributed by atoms with Crippen LogP contribution in [-0.2, 0) is 25.6 Å². The van der Waals surface area contributed by atoms with Gasteiger partial charge in [0, 0.05) is 6.42 Å². The Morgan fingerprint density at radius 3 is 2.59 bits per heavy atom. The molecule has 1 N–H and O–H groups in total. The number of hydrogen-bond acceptors (Lipinski definition) is 6. The molecule has 0 spiro atoms. The SMILES string of the molecule is C=CCC1OC(CC2CN(C(=O)OC(C)(C)C)C(C)(C)O2)C(OCc2ccccc2)C1O. The maximum atomic E-state index is 12.7. The molecule has 0 radical (unpaired) electrons. The van der Waals surface area contributed by atoms with Crippen LogP contribution >= 0.6 is 0 Å². The third-order valence-corrected chi connectivity index (χ3v) is 5.72. The lowest BCUT2D eigenvalue weighted by Crippen LogP contribution is -2.46. The Balaban J connectivity index is 1.67. The van der Waals surface area contributed by atoms with Crippen LogP contribution in [-0.4, -0.2) is 64.5 Å². The zero-order valence-electron chi connectivity index (χ0n) is 19.8. The molecule has 2 heterocycles. The predicted molar refractivity (Wildman–Crippen MR) is 121 cm³/mol. The van der Waals surface area contributed by atoms with E-state index in [4.69, 9.17) is 18.9 Å². The molecule has 0 bridgehead atoms. The van der Waals surface area contributed by atoms with Gasteiger partial charge in [0.15, 0.2) is 0 Å². The van der Waals surface area contributed by atoms with Gasteiger partial charge in [0.05, 0.1) is 31.5 Å². The predicted octanol–water partition coefficient (Wildman–Crippen LogP) is 4.04. The van der Waals surface area contributed by atoms with E-state index in [1.165, 1.54) is 0 Å². The first-order valence-corrected chi connectivity index (χ1v) is 11.3. The minimum Gasteiger partial charge on any atom is -0.444 e. The van der Waals surface area contributed by atoms with Crippen molar-refractivity contribution in [1.29, 1.82) is 0 Å². The number of aliphatic hydroxyl groups excluding tert-OH is 1. The quantitative estimate of drug-likeness (QED) is 0.636. The highest BCUT2D eigenvalue weighted by Gasteiger charge is 2.49. The summed E-state index contributed by atoms with van der Waals surface area (Å²) >= 11 is 0. The van der Waals surface area contributed by atoms with Gasteiger partial charge in [0.2, 0.25) is 0 Å². The first-order valence-electron chi connectivity index (χ1n) is 11.3. The molecule has 1 aromatic carbocycles. The minimum absolute atomic E-state index is 0.264. The lowest BCUT2D eigenvalue weighted by Gasteiger charge is -2.31. The second kappa shape index (κ2) is 9.91. The number of hydrogen-bond donors (Lipinski definition) is 1. The van der Waals surface area contributed by atoms with Crippen LogP contribution in [0.5, 0.6) is 0 Å². The van der Waals surface area contributed by atoms with Gasteiger partial charge >= 0.3 is 6.09 Å². The molecule has 5 atom stereocenters. The molecule has 32 heavy (non-hydrogen) atoms. The Labute approximate surface area is 191 Å². The molecule has 1 aromatic rings. The molecule has 0 aliphatic carbocycles. The van der Waals surface area contributed by atoms with Crippen LogP contribution in [0.25, 0.3) is 0 Å². The maximum Gasteiger partial charge on any atom is 0.412 e. The number of amides is 1. The van der Waals surface area contributed by atoms with Gasteiger partial charge in [-0.05, 0) is 46.6 Å². The molecule has 7 heteroatoms. The standard InChI is InChI=1S/C25H37NO6/c1-7-11-19-21(27)22(29-16-17-12-9-8-10-13-17)20(30-19)14-18-15-26(25(5,6)31-18)23(28)32-24(2,3)4/h7-10,12-13,18-22,27H,1,11,14-16H2,2-6H3. The molecular weight excluding hydrogens is 410 g/mol. The Morgan fingerprint density at radius 1 is 1.28 bits per heavy atom. The molecule has 2 aliphatic heterocycles. The van der Waals surface area contributed by atoms with E-state index in [-0.39, 0.29) is 18.3 Å². The van der Waals surface area contributed by atoms with Crippen LogP contribution in [0.1, 0.15) is 53.0 Å². The third-order valence-electron chi connectivity index (χ3n) is 5.72. The maximum absolute atomic E-state index is 12.7. The Hall–Kier alpha value is -1.93. The topological polar surface area (TPSA) is 77.5 Å². The van der Waals surface area contributed by atoms with Gasteiger partial charge < -0.3 is 24.1 Å². The number of aliphatic hydroxyl groups is 1. The highest BCUT2D eigenvalue weighted by atomic mass is 16.6. The average molecular weight is 448 g/mol. The Morgan fingerprint density at radius 2 is 1.97 bits per heavy atom. The summed E-state index contributed by atoms with van der Waals surface area (Å²) in [5.41, 5.74) is -0.358. The molecule has 2 fully saturated rings. The fourth-order valence-electron chi connectivity index (χ4n) is 4.26. The number of ether oxygens (including phenoxy) is 4. The van der Waals surface area contributed by atoms with Gasteiger partial charge in [0.1, 0.15) is 23.5 Å². The van der Waals surface area contributed by atoms with Crippen molar-refractivity contribution in [2.45, 2.75) is 95.9 Å². The third kappa shape index (κ3) is 6.10. The Kier molecular flexibility index (Phi) is 7.65. The summed E-state index contributed by atoms with van der Waals surface area (Å²) in [6.07, 6.45) is 0.0906. The molecule has 2 aliphatic rings. The van der Waals surface area contributed by atoms with Crippen LogP contribution in [0.15, 0.2) is 43.0 Å². The van der Waals surface area contributed by atoms with E-state index < -0.39 is 29.6 Å². The molecular formula is C25H37NO6. The van der Waals surface area contributed by atoms with Crippen molar-refractivity contribution in [2.24, 2.45) is 0 Å². The number of benzene rings is 1. The summed E-state index contributed by atoms with van der Waals surface area (Å²) in [5.74, 6) is 0.